The van der Waals surface area contributed by atoms with Crippen LogP contribution in [0.15, 0.2) is 18.2 Å². The van der Waals surface area contributed by atoms with Crippen LogP contribution in [0.25, 0.3) is 0 Å². The number of benzene rings is 1. The fraction of sp³-hybridized carbons (Fsp3) is 0.222. The van der Waals surface area contributed by atoms with Crippen molar-refractivity contribution in [3.63, 3.8) is 0 Å². The third-order valence-electron chi connectivity index (χ3n) is 1.84. The molecule has 0 saturated heterocycles. The van der Waals surface area contributed by atoms with Gasteiger partial charge in [-0.05, 0) is 17.7 Å². The molecule has 0 amide bonds. The van der Waals surface area contributed by atoms with Crippen molar-refractivity contribution >= 4 is 17.6 Å². The minimum absolute atomic E-state index is 0.0493. The lowest BCUT2D eigenvalue weighted by molar-refractivity contribution is -0.153. The minimum Gasteiger partial charge on any atom is -0.479 e. The monoisotopic (exact) mass is 234 g/mol. The first kappa shape index (κ1) is 11.9. The van der Waals surface area contributed by atoms with E-state index in [0.717, 1.165) is 6.07 Å². The molecule has 1 rings (SSSR count). The first-order valence-electron chi connectivity index (χ1n) is 3.97. The van der Waals surface area contributed by atoms with Crippen LogP contribution in [0.3, 0.4) is 0 Å². The van der Waals surface area contributed by atoms with Crippen LogP contribution in [0.1, 0.15) is 11.7 Å². The van der Waals surface area contributed by atoms with Gasteiger partial charge in [-0.3, -0.25) is 0 Å². The molecule has 1 aromatic carbocycles. The van der Waals surface area contributed by atoms with Crippen molar-refractivity contribution in [1.82, 2.24) is 0 Å². The van der Waals surface area contributed by atoms with E-state index < -0.39 is 24.0 Å². The highest BCUT2D eigenvalue weighted by Gasteiger charge is 2.25. The van der Waals surface area contributed by atoms with Crippen molar-refractivity contribution in [3.05, 3.63) is 34.6 Å². The molecule has 0 aliphatic heterocycles. The van der Waals surface area contributed by atoms with Gasteiger partial charge in [0.15, 0.2) is 6.10 Å². The van der Waals surface area contributed by atoms with Gasteiger partial charge in [0.1, 0.15) is 11.9 Å². The summed E-state index contributed by atoms with van der Waals surface area (Å²) in [5.74, 6) is -2.37. The van der Waals surface area contributed by atoms with E-state index in [1.54, 1.807) is 0 Å². The zero-order valence-electron chi connectivity index (χ0n) is 7.39. The highest BCUT2D eigenvalue weighted by Crippen LogP contribution is 2.22. The molecule has 15 heavy (non-hydrogen) atoms. The smallest absolute Gasteiger partial charge is 0.335 e. The molecular formula is C9H8ClFO4. The van der Waals surface area contributed by atoms with E-state index in [-0.39, 0.29) is 10.6 Å². The Balaban J connectivity index is 2.96. The van der Waals surface area contributed by atoms with E-state index in [2.05, 4.69) is 0 Å². The Hall–Kier alpha value is -1.17. The molecule has 2 atom stereocenters. The maximum atomic E-state index is 12.9. The molecule has 4 nitrogen and oxygen atoms in total. The van der Waals surface area contributed by atoms with Crippen LogP contribution in [-0.2, 0) is 4.79 Å². The van der Waals surface area contributed by atoms with Crippen LogP contribution in [0.2, 0.25) is 5.02 Å². The van der Waals surface area contributed by atoms with Crippen molar-refractivity contribution < 1.29 is 24.5 Å². The Kier molecular flexibility index (Phi) is 3.62. The van der Waals surface area contributed by atoms with Crippen LogP contribution < -0.4 is 0 Å². The van der Waals surface area contributed by atoms with Gasteiger partial charge in [0.2, 0.25) is 0 Å². The summed E-state index contributed by atoms with van der Waals surface area (Å²) in [6.07, 6.45) is -3.68. The lowest BCUT2D eigenvalue weighted by Crippen LogP contribution is -2.27. The molecule has 0 aliphatic carbocycles. The van der Waals surface area contributed by atoms with Gasteiger partial charge in [-0.1, -0.05) is 17.7 Å². The lowest BCUT2D eigenvalue weighted by Gasteiger charge is -2.14. The van der Waals surface area contributed by atoms with E-state index in [1.165, 1.54) is 12.1 Å². The molecule has 0 aromatic heterocycles. The highest BCUT2D eigenvalue weighted by molar-refractivity contribution is 6.30. The van der Waals surface area contributed by atoms with E-state index in [9.17, 15) is 14.3 Å². The number of rotatable bonds is 3. The Morgan fingerprint density at radius 2 is 2.00 bits per heavy atom. The third kappa shape index (κ3) is 2.65. The molecule has 1 aromatic rings. The molecule has 0 bridgehead atoms. The second-order valence-corrected chi connectivity index (χ2v) is 3.31. The standard InChI is InChI=1S/C9H8ClFO4/c10-5-2-1-4(3-6(5)11)7(12)8(13)9(14)15/h1-3,7-8,12-13H,(H,14,15). The molecule has 0 heterocycles. The number of carboxylic acid groups (broad SMARTS) is 1. The topological polar surface area (TPSA) is 77.8 Å². The zero-order valence-corrected chi connectivity index (χ0v) is 8.15. The quantitative estimate of drug-likeness (QED) is 0.728. The Morgan fingerprint density at radius 1 is 1.40 bits per heavy atom. The Bertz CT molecular complexity index is 382. The summed E-state index contributed by atoms with van der Waals surface area (Å²) < 4.78 is 12.9. The van der Waals surface area contributed by atoms with Crippen molar-refractivity contribution in [3.8, 4) is 0 Å². The normalized spacial score (nSPS) is 14.7. The average Bonchev–Trinajstić information content (AvgIpc) is 2.19. The Labute approximate surface area is 89.5 Å². The molecule has 0 fully saturated rings. The van der Waals surface area contributed by atoms with E-state index in [0.29, 0.717) is 0 Å². The summed E-state index contributed by atoms with van der Waals surface area (Å²) in [7, 11) is 0. The molecule has 0 radical (unpaired) electrons. The van der Waals surface area contributed by atoms with Crippen molar-refractivity contribution in [2.75, 3.05) is 0 Å². The molecular weight excluding hydrogens is 227 g/mol. The number of halogens is 2. The molecule has 3 N–H and O–H groups in total. The summed E-state index contributed by atoms with van der Waals surface area (Å²) in [6.45, 7) is 0. The van der Waals surface area contributed by atoms with Crippen molar-refractivity contribution in [2.45, 2.75) is 12.2 Å². The van der Waals surface area contributed by atoms with Crippen LogP contribution in [0, 0.1) is 5.82 Å². The zero-order chi connectivity index (χ0) is 11.6. The first-order chi connectivity index (χ1) is 6.93. The fourth-order valence-corrected chi connectivity index (χ4v) is 1.13. The van der Waals surface area contributed by atoms with Crippen molar-refractivity contribution in [2.24, 2.45) is 0 Å². The fourth-order valence-electron chi connectivity index (χ4n) is 1.01. The van der Waals surface area contributed by atoms with E-state index in [1.807, 2.05) is 0 Å². The summed E-state index contributed by atoms with van der Waals surface area (Å²) in [4.78, 5) is 10.3. The summed E-state index contributed by atoms with van der Waals surface area (Å²) in [5, 5.41) is 26.6. The van der Waals surface area contributed by atoms with Gasteiger partial charge in [0.25, 0.3) is 0 Å². The van der Waals surface area contributed by atoms with Gasteiger partial charge < -0.3 is 15.3 Å². The predicted molar refractivity (Wildman–Crippen MR) is 50.0 cm³/mol. The summed E-state index contributed by atoms with van der Waals surface area (Å²) in [5.41, 5.74) is -0.0493. The van der Waals surface area contributed by atoms with Gasteiger partial charge in [-0.15, -0.1) is 0 Å². The van der Waals surface area contributed by atoms with E-state index >= 15 is 0 Å². The lowest BCUT2D eigenvalue weighted by atomic mass is 10.0. The van der Waals surface area contributed by atoms with Gasteiger partial charge >= 0.3 is 5.97 Å². The minimum atomic E-state index is -1.99. The number of aliphatic carboxylic acids is 1. The molecule has 82 valence electrons. The van der Waals surface area contributed by atoms with Gasteiger partial charge in [0, 0.05) is 0 Å². The highest BCUT2D eigenvalue weighted by atomic mass is 35.5. The van der Waals surface area contributed by atoms with Crippen LogP contribution in [-0.4, -0.2) is 27.4 Å². The number of carbonyl (C=O) groups is 1. The van der Waals surface area contributed by atoms with Crippen LogP contribution in [0.4, 0.5) is 4.39 Å². The van der Waals surface area contributed by atoms with Gasteiger partial charge in [0.05, 0.1) is 5.02 Å². The van der Waals surface area contributed by atoms with Crippen molar-refractivity contribution in [1.29, 1.82) is 0 Å². The van der Waals surface area contributed by atoms with Gasteiger partial charge in [-0.25, -0.2) is 9.18 Å². The second-order valence-electron chi connectivity index (χ2n) is 2.90. The number of aliphatic hydroxyl groups is 2. The molecule has 6 heteroatoms. The predicted octanol–water partition coefficient (Wildman–Crippen LogP) is 0.958. The average molecular weight is 235 g/mol. The second kappa shape index (κ2) is 4.57. The summed E-state index contributed by atoms with van der Waals surface area (Å²) in [6, 6.07) is 3.28. The largest absolute Gasteiger partial charge is 0.479 e. The number of carboxylic acids is 1. The molecule has 0 aliphatic rings. The number of hydrogen-bond donors (Lipinski definition) is 3. The first-order valence-corrected chi connectivity index (χ1v) is 4.35. The maximum Gasteiger partial charge on any atom is 0.335 e. The van der Waals surface area contributed by atoms with Crippen LogP contribution in [0.5, 0.6) is 0 Å². The van der Waals surface area contributed by atoms with E-state index in [4.69, 9.17) is 21.8 Å². The molecule has 0 saturated carbocycles. The summed E-state index contributed by atoms with van der Waals surface area (Å²) >= 11 is 5.39. The number of hydrogen-bond acceptors (Lipinski definition) is 3. The SMILES string of the molecule is O=C(O)C(O)C(O)c1ccc(Cl)c(F)c1. The molecule has 2 unspecified atom stereocenters. The third-order valence-corrected chi connectivity index (χ3v) is 2.14. The van der Waals surface area contributed by atoms with Crippen LogP contribution >= 0.6 is 11.6 Å². The maximum absolute atomic E-state index is 12.9. The Morgan fingerprint density at radius 3 is 2.47 bits per heavy atom. The van der Waals surface area contributed by atoms with Gasteiger partial charge in [-0.2, -0.15) is 0 Å². The number of aliphatic hydroxyl groups excluding tert-OH is 2. The molecule has 0 spiro atoms.